The van der Waals surface area contributed by atoms with E-state index >= 15 is 0 Å². The van der Waals surface area contributed by atoms with Gasteiger partial charge in [0.25, 0.3) is 0 Å². The molecule has 1 fully saturated rings. The van der Waals surface area contributed by atoms with E-state index in [1.807, 2.05) is 35.7 Å². The highest BCUT2D eigenvalue weighted by molar-refractivity contribution is 5.99. The van der Waals surface area contributed by atoms with Crippen molar-refractivity contribution in [1.82, 2.24) is 24.9 Å². The fourth-order valence-electron chi connectivity index (χ4n) is 4.01. The number of amides is 2. The van der Waals surface area contributed by atoms with Gasteiger partial charge in [-0.1, -0.05) is 17.3 Å². The molecule has 0 spiro atoms. The van der Waals surface area contributed by atoms with Crippen LogP contribution in [0, 0.1) is 0 Å². The molecule has 9 nitrogen and oxygen atoms in total. The van der Waals surface area contributed by atoms with E-state index in [4.69, 9.17) is 4.84 Å². The lowest BCUT2D eigenvalue weighted by atomic mass is 10.1. The van der Waals surface area contributed by atoms with Gasteiger partial charge in [-0.15, -0.1) is 0 Å². The number of hydrogen-bond acceptors (Lipinski definition) is 6. The Labute approximate surface area is 212 Å². The van der Waals surface area contributed by atoms with E-state index in [2.05, 4.69) is 25.7 Å². The number of piperazine rings is 1. The normalized spacial score (nSPS) is 15.1. The number of anilines is 1. The first kappa shape index (κ1) is 26.4. The number of nitrogens with one attached hydrogen (secondary N) is 3. The second kappa shape index (κ2) is 12.1. The summed E-state index contributed by atoms with van der Waals surface area (Å²) in [5.41, 5.74) is 4.18. The number of imidazole rings is 1. The fraction of sp³-hybridized carbons (Fsp3) is 0.400. The van der Waals surface area contributed by atoms with Crippen LogP contribution in [-0.2, 0) is 4.84 Å². The lowest BCUT2D eigenvalue weighted by Gasteiger charge is -2.26. The monoisotopic (exact) mass is 517 g/mol. The molecular formula is C25H30F3N7O2. The molecular weight excluding hydrogens is 487 g/mol. The van der Waals surface area contributed by atoms with E-state index in [1.54, 1.807) is 29.7 Å². The Bertz CT molecular complexity index is 1240. The number of halogens is 3. The minimum atomic E-state index is -4.48. The van der Waals surface area contributed by atoms with Crippen molar-refractivity contribution in [2.75, 3.05) is 51.2 Å². The molecule has 0 saturated carbocycles. The highest BCUT2D eigenvalue weighted by Gasteiger charge is 2.27. The van der Waals surface area contributed by atoms with E-state index < -0.39 is 18.8 Å². The molecule has 3 heterocycles. The van der Waals surface area contributed by atoms with Gasteiger partial charge in [0.15, 0.2) is 0 Å². The summed E-state index contributed by atoms with van der Waals surface area (Å²) in [6.07, 6.45) is -0.000376. The number of aromatic nitrogens is 2. The van der Waals surface area contributed by atoms with Crippen molar-refractivity contribution in [3.05, 3.63) is 54.4 Å². The summed E-state index contributed by atoms with van der Waals surface area (Å²) < 4.78 is 38.8. The van der Waals surface area contributed by atoms with Crippen molar-refractivity contribution < 1.29 is 22.8 Å². The number of urea groups is 1. The summed E-state index contributed by atoms with van der Waals surface area (Å²) in [7, 11) is 0. The quantitative estimate of drug-likeness (QED) is 0.229. The Morgan fingerprint density at radius 1 is 1.22 bits per heavy atom. The number of nitrogens with zero attached hydrogens (tertiary/aromatic N) is 4. The van der Waals surface area contributed by atoms with Crippen molar-refractivity contribution >= 4 is 23.1 Å². The van der Waals surface area contributed by atoms with Gasteiger partial charge >= 0.3 is 12.2 Å². The fourth-order valence-corrected chi connectivity index (χ4v) is 4.01. The van der Waals surface area contributed by atoms with Crippen LogP contribution < -0.4 is 16.0 Å². The zero-order valence-corrected chi connectivity index (χ0v) is 20.5. The third kappa shape index (κ3) is 7.67. The molecule has 12 heteroatoms. The maximum Gasteiger partial charge on any atom is 0.405 e. The molecule has 1 aliphatic rings. The summed E-state index contributed by atoms with van der Waals surface area (Å²) >= 11 is 0. The summed E-state index contributed by atoms with van der Waals surface area (Å²) in [5.74, 6) is 0. The van der Waals surface area contributed by atoms with Crippen LogP contribution >= 0.6 is 0 Å². The van der Waals surface area contributed by atoms with E-state index in [0.29, 0.717) is 17.9 Å². The number of benzene rings is 1. The maximum atomic E-state index is 12.3. The third-order valence-electron chi connectivity index (χ3n) is 5.92. The van der Waals surface area contributed by atoms with E-state index in [9.17, 15) is 18.0 Å². The van der Waals surface area contributed by atoms with Crippen LogP contribution in [0.4, 0.5) is 23.7 Å². The molecule has 2 amide bonds. The number of rotatable bonds is 9. The lowest BCUT2D eigenvalue weighted by molar-refractivity contribution is -0.122. The van der Waals surface area contributed by atoms with Gasteiger partial charge in [-0.25, -0.2) is 9.78 Å². The molecule has 0 radical (unpaired) electrons. The van der Waals surface area contributed by atoms with E-state index in [-0.39, 0.29) is 0 Å². The zero-order chi connectivity index (χ0) is 26.3. The minimum absolute atomic E-state index is 0.362. The molecule has 3 N–H and O–H groups in total. The number of carbonyl (C=O) groups excluding carboxylic acids is 1. The van der Waals surface area contributed by atoms with Crippen molar-refractivity contribution in [3.63, 3.8) is 0 Å². The summed E-state index contributed by atoms with van der Waals surface area (Å²) in [4.78, 5) is 24.2. The van der Waals surface area contributed by atoms with E-state index in [1.165, 1.54) is 0 Å². The first-order chi connectivity index (χ1) is 17.8. The first-order valence-corrected chi connectivity index (χ1v) is 12.1. The van der Waals surface area contributed by atoms with Gasteiger partial charge in [0.2, 0.25) is 0 Å². The Kier molecular flexibility index (Phi) is 8.62. The first-order valence-electron chi connectivity index (χ1n) is 12.1. The van der Waals surface area contributed by atoms with Crippen molar-refractivity contribution in [2.45, 2.75) is 19.5 Å². The van der Waals surface area contributed by atoms with Gasteiger partial charge in [0.1, 0.15) is 18.8 Å². The van der Waals surface area contributed by atoms with Gasteiger partial charge in [-0.2, -0.15) is 13.2 Å². The minimum Gasteiger partial charge on any atom is -0.396 e. The van der Waals surface area contributed by atoms with Gasteiger partial charge in [0.05, 0.1) is 17.6 Å². The van der Waals surface area contributed by atoms with Crippen molar-refractivity contribution in [1.29, 1.82) is 0 Å². The molecule has 0 unspecified atom stereocenters. The predicted molar refractivity (Wildman–Crippen MR) is 136 cm³/mol. The Morgan fingerprint density at radius 3 is 2.81 bits per heavy atom. The van der Waals surface area contributed by atoms with Gasteiger partial charge in [0, 0.05) is 55.7 Å². The predicted octanol–water partition coefficient (Wildman–Crippen LogP) is 3.72. The summed E-state index contributed by atoms with van der Waals surface area (Å²) in [6, 6.07) is 9.69. The van der Waals surface area contributed by atoms with Crippen molar-refractivity contribution in [3.8, 4) is 11.3 Å². The average molecular weight is 518 g/mol. The van der Waals surface area contributed by atoms with Crippen LogP contribution in [0.15, 0.2) is 53.9 Å². The van der Waals surface area contributed by atoms with Crippen LogP contribution in [0.25, 0.3) is 16.9 Å². The molecule has 1 aliphatic heterocycles. The van der Waals surface area contributed by atoms with Gasteiger partial charge < -0.3 is 25.7 Å². The molecule has 0 bridgehead atoms. The molecule has 0 atom stereocenters. The highest BCUT2D eigenvalue weighted by Crippen LogP contribution is 2.24. The van der Waals surface area contributed by atoms with Gasteiger partial charge in [-0.05, 0) is 37.6 Å². The smallest absolute Gasteiger partial charge is 0.396 e. The maximum absolute atomic E-state index is 12.3. The van der Waals surface area contributed by atoms with Crippen LogP contribution in [0.3, 0.4) is 0 Å². The molecule has 198 valence electrons. The third-order valence-corrected chi connectivity index (χ3v) is 5.92. The van der Waals surface area contributed by atoms with Crippen LogP contribution in [0.1, 0.15) is 18.9 Å². The van der Waals surface area contributed by atoms with Crippen LogP contribution in [0.5, 0.6) is 0 Å². The summed E-state index contributed by atoms with van der Waals surface area (Å²) in [5, 5.41) is 11.8. The number of fused-ring (bicyclic) bond motifs is 1. The molecule has 1 saturated heterocycles. The number of pyridine rings is 1. The molecule has 0 aliphatic carbocycles. The standard InChI is InChI=1S/C25H30F3N7O2/c1-18(33-37-13-3-9-34-11-7-29-8-12-34)19-6-10-35-22(16-30-23(35)15-19)20-4-2-5-21(14-20)32-24(36)31-17-25(26,27)28/h2,4-6,10,14-16,29H,3,7-9,11-13,17H2,1H3,(H2,31,32,36). The van der Waals surface area contributed by atoms with E-state index in [0.717, 1.165) is 61.7 Å². The molecule has 2 aromatic heterocycles. The topological polar surface area (TPSA) is 95.3 Å². The molecule has 3 aromatic rings. The number of carbonyl (C=O) groups is 1. The number of alkyl halides is 3. The average Bonchev–Trinajstić information content (AvgIpc) is 3.31. The largest absolute Gasteiger partial charge is 0.405 e. The number of oxime groups is 1. The zero-order valence-electron chi connectivity index (χ0n) is 20.5. The molecule has 37 heavy (non-hydrogen) atoms. The van der Waals surface area contributed by atoms with Crippen LogP contribution in [-0.4, -0.2) is 78.1 Å². The highest BCUT2D eigenvalue weighted by atomic mass is 19.4. The Hall–Kier alpha value is -3.64. The van der Waals surface area contributed by atoms with Gasteiger partial charge in [-0.3, -0.25) is 4.40 Å². The summed E-state index contributed by atoms with van der Waals surface area (Å²) in [6.45, 7) is 6.20. The number of hydrogen-bond donors (Lipinski definition) is 3. The molecule has 1 aromatic carbocycles. The SMILES string of the molecule is CC(=NOCCCN1CCNCC1)c1ccn2c(-c3cccc(NC(=O)NCC(F)(F)F)c3)cnc2c1. The molecule has 4 rings (SSSR count). The second-order valence-corrected chi connectivity index (χ2v) is 8.75. The second-order valence-electron chi connectivity index (χ2n) is 8.75. The Morgan fingerprint density at radius 2 is 2.03 bits per heavy atom. The lowest BCUT2D eigenvalue weighted by Crippen LogP contribution is -2.43. The Balaban J connectivity index is 1.36. The van der Waals surface area contributed by atoms with Crippen LogP contribution in [0.2, 0.25) is 0 Å². The van der Waals surface area contributed by atoms with Crippen molar-refractivity contribution in [2.24, 2.45) is 5.16 Å².